The first-order chi connectivity index (χ1) is 14.4. The molecule has 0 saturated carbocycles. The zero-order valence-electron chi connectivity index (χ0n) is 17.2. The van der Waals surface area contributed by atoms with Gasteiger partial charge in [-0.25, -0.2) is 4.68 Å². The molecule has 1 aliphatic heterocycles. The largest absolute Gasteiger partial charge is 0.452 e. The minimum absolute atomic E-state index is 0.00492. The summed E-state index contributed by atoms with van der Waals surface area (Å²) in [4.78, 5) is 39.5. The van der Waals surface area contributed by atoms with E-state index in [4.69, 9.17) is 4.74 Å². The number of carbonyl (C=O) groups excluding carboxylic acids is 2. The van der Waals surface area contributed by atoms with E-state index in [1.54, 1.807) is 43.1 Å². The average Bonchev–Trinajstić information content (AvgIpc) is 3.06. The van der Waals surface area contributed by atoms with Crippen molar-refractivity contribution in [3.8, 4) is 0 Å². The molecule has 0 N–H and O–H groups in total. The summed E-state index contributed by atoms with van der Waals surface area (Å²) in [5.41, 5.74) is 2.19. The molecule has 0 spiro atoms. The first-order valence-corrected chi connectivity index (χ1v) is 9.92. The van der Waals surface area contributed by atoms with Gasteiger partial charge in [-0.05, 0) is 38.0 Å². The third-order valence-electron chi connectivity index (χ3n) is 5.45. The highest BCUT2D eigenvalue weighted by atomic mass is 16.5. The van der Waals surface area contributed by atoms with Crippen molar-refractivity contribution in [1.29, 1.82) is 0 Å². The standard InChI is InChI=1S/C23H23N3O4/c1-14-12-16-8-4-7-11-20(16)26(14)22(28)15(2)30-21(27)13-19-17-9-5-6-10-18(17)23(29)25(3)24-19/h4-11,14-15H,12-13H2,1-3H3. The van der Waals surface area contributed by atoms with Crippen molar-refractivity contribution in [2.75, 3.05) is 4.90 Å². The molecular formula is C23H23N3O4. The molecule has 154 valence electrons. The number of esters is 1. The number of anilines is 1. The van der Waals surface area contributed by atoms with Gasteiger partial charge in [0.05, 0.1) is 17.5 Å². The SMILES string of the molecule is CC(OC(=O)Cc1nn(C)c(=O)c2ccccc12)C(=O)N1c2ccccc2CC1C. The fourth-order valence-corrected chi connectivity index (χ4v) is 4.03. The van der Waals surface area contributed by atoms with Crippen LogP contribution >= 0.6 is 0 Å². The Morgan fingerprint density at radius 3 is 2.57 bits per heavy atom. The summed E-state index contributed by atoms with van der Waals surface area (Å²) in [5.74, 6) is -0.814. The third-order valence-corrected chi connectivity index (χ3v) is 5.45. The van der Waals surface area contributed by atoms with Crippen molar-refractivity contribution in [3.05, 3.63) is 70.1 Å². The molecule has 0 radical (unpaired) electrons. The van der Waals surface area contributed by atoms with Crippen LogP contribution in [-0.2, 0) is 34.2 Å². The van der Waals surface area contributed by atoms with Gasteiger partial charge >= 0.3 is 5.97 Å². The van der Waals surface area contributed by atoms with Crippen LogP contribution in [0.1, 0.15) is 25.1 Å². The van der Waals surface area contributed by atoms with Gasteiger partial charge in [-0.15, -0.1) is 0 Å². The number of ether oxygens (including phenoxy) is 1. The Morgan fingerprint density at radius 2 is 1.80 bits per heavy atom. The Balaban J connectivity index is 1.51. The zero-order chi connectivity index (χ0) is 21.4. The summed E-state index contributed by atoms with van der Waals surface area (Å²) < 4.78 is 6.66. The molecule has 1 amide bonds. The fraction of sp³-hybridized carbons (Fsp3) is 0.304. The lowest BCUT2D eigenvalue weighted by atomic mass is 10.1. The molecule has 2 heterocycles. The maximum absolute atomic E-state index is 13.0. The predicted molar refractivity (Wildman–Crippen MR) is 113 cm³/mol. The molecule has 3 aromatic rings. The van der Waals surface area contributed by atoms with Crippen molar-refractivity contribution in [2.24, 2.45) is 7.05 Å². The first kappa shape index (κ1) is 19.8. The average molecular weight is 405 g/mol. The van der Waals surface area contributed by atoms with Gasteiger partial charge in [-0.3, -0.25) is 14.4 Å². The van der Waals surface area contributed by atoms with Crippen molar-refractivity contribution in [1.82, 2.24) is 9.78 Å². The lowest BCUT2D eigenvalue weighted by Crippen LogP contribution is -2.43. The number of carbonyl (C=O) groups is 2. The number of fused-ring (bicyclic) bond motifs is 2. The number of hydrogen-bond acceptors (Lipinski definition) is 5. The van der Waals surface area contributed by atoms with E-state index in [1.165, 1.54) is 4.68 Å². The van der Waals surface area contributed by atoms with E-state index >= 15 is 0 Å². The highest BCUT2D eigenvalue weighted by Gasteiger charge is 2.34. The minimum Gasteiger partial charge on any atom is -0.452 e. The summed E-state index contributed by atoms with van der Waals surface area (Å²) in [6.07, 6.45) is -0.278. The molecule has 0 aliphatic carbocycles. The molecule has 0 fully saturated rings. The third kappa shape index (κ3) is 3.47. The Morgan fingerprint density at radius 1 is 1.13 bits per heavy atom. The van der Waals surface area contributed by atoms with Crippen LogP contribution in [0.3, 0.4) is 0 Å². The van der Waals surface area contributed by atoms with Gasteiger partial charge in [0.15, 0.2) is 6.10 Å². The normalized spacial score (nSPS) is 16.4. The van der Waals surface area contributed by atoms with E-state index in [2.05, 4.69) is 5.10 Å². The van der Waals surface area contributed by atoms with Crippen molar-refractivity contribution < 1.29 is 14.3 Å². The molecule has 0 bridgehead atoms. The topological polar surface area (TPSA) is 81.5 Å². The molecule has 2 aromatic carbocycles. The molecule has 30 heavy (non-hydrogen) atoms. The van der Waals surface area contributed by atoms with Gasteiger partial charge in [0.25, 0.3) is 11.5 Å². The Kier molecular flexibility index (Phi) is 5.11. The zero-order valence-corrected chi connectivity index (χ0v) is 17.2. The van der Waals surface area contributed by atoms with Gasteiger partial charge < -0.3 is 9.64 Å². The Bertz CT molecular complexity index is 1200. The monoisotopic (exact) mass is 405 g/mol. The maximum atomic E-state index is 13.0. The Labute approximate surface area is 173 Å². The lowest BCUT2D eigenvalue weighted by molar-refractivity contribution is -0.153. The molecular weight excluding hydrogens is 382 g/mol. The summed E-state index contributed by atoms with van der Waals surface area (Å²) in [6, 6.07) is 14.8. The quantitative estimate of drug-likeness (QED) is 0.623. The summed E-state index contributed by atoms with van der Waals surface area (Å²) in [5, 5.41) is 5.32. The summed E-state index contributed by atoms with van der Waals surface area (Å²) >= 11 is 0. The van der Waals surface area contributed by atoms with Crippen LogP contribution in [0.4, 0.5) is 5.69 Å². The molecule has 1 aliphatic rings. The van der Waals surface area contributed by atoms with Gasteiger partial charge in [0, 0.05) is 24.2 Å². The summed E-state index contributed by atoms with van der Waals surface area (Å²) in [7, 11) is 1.54. The minimum atomic E-state index is -0.926. The fourth-order valence-electron chi connectivity index (χ4n) is 4.03. The number of aryl methyl sites for hydroxylation is 1. The highest BCUT2D eigenvalue weighted by Crippen LogP contribution is 2.32. The number of benzene rings is 2. The molecule has 7 nitrogen and oxygen atoms in total. The van der Waals surface area contributed by atoms with Crippen LogP contribution in [0.15, 0.2) is 53.3 Å². The van der Waals surface area contributed by atoms with E-state index in [9.17, 15) is 14.4 Å². The molecule has 2 atom stereocenters. The van der Waals surface area contributed by atoms with Crippen LogP contribution < -0.4 is 10.5 Å². The van der Waals surface area contributed by atoms with E-state index in [-0.39, 0.29) is 23.9 Å². The number of amides is 1. The smallest absolute Gasteiger partial charge is 0.312 e. The molecule has 1 aromatic heterocycles. The van der Waals surface area contributed by atoms with Gasteiger partial charge in [-0.2, -0.15) is 5.10 Å². The first-order valence-electron chi connectivity index (χ1n) is 9.92. The highest BCUT2D eigenvalue weighted by molar-refractivity contribution is 6.00. The van der Waals surface area contributed by atoms with Crippen molar-refractivity contribution >= 4 is 28.3 Å². The number of nitrogens with zero attached hydrogens (tertiary/aromatic N) is 3. The number of aromatic nitrogens is 2. The molecule has 0 saturated heterocycles. The number of para-hydroxylation sites is 1. The van der Waals surface area contributed by atoms with E-state index < -0.39 is 12.1 Å². The second-order valence-corrected chi connectivity index (χ2v) is 7.62. The number of hydrogen-bond donors (Lipinski definition) is 0. The lowest BCUT2D eigenvalue weighted by Gasteiger charge is -2.26. The van der Waals surface area contributed by atoms with Crippen LogP contribution in [0.25, 0.3) is 10.8 Å². The van der Waals surface area contributed by atoms with Crippen molar-refractivity contribution in [3.63, 3.8) is 0 Å². The van der Waals surface area contributed by atoms with Gasteiger partial charge in [0.2, 0.25) is 0 Å². The summed E-state index contributed by atoms with van der Waals surface area (Å²) in [6.45, 7) is 3.56. The molecule has 4 rings (SSSR count). The maximum Gasteiger partial charge on any atom is 0.312 e. The predicted octanol–water partition coefficient (Wildman–Crippen LogP) is 2.39. The van der Waals surface area contributed by atoms with Crippen LogP contribution in [-0.4, -0.2) is 33.8 Å². The van der Waals surface area contributed by atoms with E-state index in [1.807, 2.05) is 31.2 Å². The van der Waals surface area contributed by atoms with Crippen molar-refractivity contribution in [2.45, 2.75) is 38.8 Å². The van der Waals surface area contributed by atoms with Gasteiger partial charge in [-0.1, -0.05) is 36.4 Å². The molecule has 7 heteroatoms. The van der Waals surface area contributed by atoms with Gasteiger partial charge in [0.1, 0.15) is 0 Å². The Hall–Kier alpha value is -3.48. The van der Waals surface area contributed by atoms with Crippen LogP contribution in [0, 0.1) is 0 Å². The second-order valence-electron chi connectivity index (χ2n) is 7.62. The van der Waals surface area contributed by atoms with Crippen LogP contribution in [0.2, 0.25) is 0 Å². The van der Waals surface area contributed by atoms with E-state index in [0.29, 0.717) is 16.5 Å². The van der Waals surface area contributed by atoms with Crippen LogP contribution in [0.5, 0.6) is 0 Å². The van der Waals surface area contributed by atoms with E-state index in [0.717, 1.165) is 17.7 Å². The second kappa shape index (κ2) is 7.74. The molecule has 2 unspecified atom stereocenters. The number of rotatable bonds is 4.